The van der Waals surface area contributed by atoms with Crippen molar-refractivity contribution in [2.75, 3.05) is 32.8 Å². The van der Waals surface area contributed by atoms with Crippen LogP contribution in [0.15, 0.2) is 54.6 Å². The van der Waals surface area contributed by atoms with Crippen LogP contribution in [0.25, 0.3) is 0 Å². The number of ether oxygens (including phenoxy) is 2. The van der Waals surface area contributed by atoms with Crippen LogP contribution in [0, 0.1) is 0 Å². The van der Waals surface area contributed by atoms with Crippen molar-refractivity contribution < 1.29 is 19.1 Å². The molecule has 0 radical (unpaired) electrons. The van der Waals surface area contributed by atoms with E-state index in [-0.39, 0.29) is 12.0 Å². The number of aromatic nitrogens is 2. The summed E-state index contributed by atoms with van der Waals surface area (Å²) >= 11 is 1.22. The number of rotatable bonds is 7. The van der Waals surface area contributed by atoms with E-state index in [4.69, 9.17) is 9.47 Å². The van der Waals surface area contributed by atoms with Crippen LogP contribution in [0.1, 0.15) is 23.9 Å². The zero-order chi connectivity index (χ0) is 23.0. The fraction of sp³-hybridized carbons (Fsp3) is 0.333. The number of hydrogen-bond donors (Lipinski definition) is 0. The molecule has 2 amide bonds. The fourth-order valence-corrected chi connectivity index (χ4v) is 4.11. The molecule has 0 N–H and O–H groups in total. The smallest absolute Gasteiger partial charge is 0.409 e. The van der Waals surface area contributed by atoms with Gasteiger partial charge in [0.1, 0.15) is 5.75 Å². The maximum Gasteiger partial charge on any atom is 0.409 e. The minimum Gasteiger partial charge on any atom is -0.450 e. The largest absolute Gasteiger partial charge is 0.450 e. The van der Waals surface area contributed by atoms with E-state index < -0.39 is 0 Å². The van der Waals surface area contributed by atoms with Gasteiger partial charge in [-0.3, -0.25) is 4.79 Å². The molecule has 0 saturated carbocycles. The highest BCUT2D eigenvalue weighted by atomic mass is 32.1. The first-order chi connectivity index (χ1) is 16.1. The van der Waals surface area contributed by atoms with Crippen molar-refractivity contribution >= 4 is 23.5 Å². The van der Waals surface area contributed by atoms with Gasteiger partial charge in [0.2, 0.25) is 5.91 Å². The number of nitrogens with zero attached hydrogens (tertiary/aromatic N) is 4. The van der Waals surface area contributed by atoms with Crippen molar-refractivity contribution in [2.45, 2.75) is 19.8 Å². The summed E-state index contributed by atoms with van der Waals surface area (Å²) < 4.78 is 15.2. The molecule has 172 valence electrons. The summed E-state index contributed by atoms with van der Waals surface area (Å²) in [5, 5.41) is 0.490. The Bertz CT molecular complexity index is 1060. The van der Waals surface area contributed by atoms with Crippen LogP contribution in [0.2, 0.25) is 0 Å². The summed E-state index contributed by atoms with van der Waals surface area (Å²) in [6.07, 6.45) is 0.651. The van der Waals surface area contributed by atoms with Gasteiger partial charge < -0.3 is 19.3 Å². The second-order valence-corrected chi connectivity index (χ2v) is 8.34. The van der Waals surface area contributed by atoms with Gasteiger partial charge in [-0.1, -0.05) is 42.5 Å². The Morgan fingerprint density at radius 3 is 2.33 bits per heavy atom. The molecule has 2 heterocycles. The van der Waals surface area contributed by atoms with Gasteiger partial charge in [-0.25, -0.2) is 4.79 Å². The molecule has 1 aliphatic rings. The Hall–Kier alpha value is -3.46. The number of carbonyl (C=O) groups is 2. The van der Waals surface area contributed by atoms with Crippen LogP contribution in [-0.2, 0) is 22.4 Å². The minimum atomic E-state index is -0.317. The van der Waals surface area contributed by atoms with Gasteiger partial charge in [0.05, 0.1) is 13.0 Å². The standard InChI is InChI=1S/C24H26N4O4S/c1-2-31-24(30)28-14-12-27(13-15-28)22(29)17-19-8-10-20(11-9-19)32-23-25-21(26-33-23)16-18-6-4-3-5-7-18/h3-11H,2,12-17H2,1H3. The maximum absolute atomic E-state index is 12.6. The summed E-state index contributed by atoms with van der Waals surface area (Å²) in [7, 11) is 0. The van der Waals surface area contributed by atoms with E-state index in [1.807, 2.05) is 54.6 Å². The molecule has 0 unspecified atom stereocenters. The predicted octanol–water partition coefficient (Wildman–Crippen LogP) is 3.76. The summed E-state index contributed by atoms with van der Waals surface area (Å²) in [4.78, 5) is 32.3. The molecular formula is C24H26N4O4S. The molecular weight excluding hydrogens is 440 g/mol. The Morgan fingerprint density at radius 1 is 0.939 bits per heavy atom. The third-order valence-electron chi connectivity index (χ3n) is 5.30. The molecule has 4 rings (SSSR count). The lowest BCUT2D eigenvalue weighted by Crippen LogP contribution is -2.51. The lowest BCUT2D eigenvalue weighted by atomic mass is 10.1. The molecule has 9 heteroatoms. The van der Waals surface area contributed by atoms with Crippen molar-refractivity contribution in [3.63, 3.8) is 0 Å². The molecule has 1 aliphatic heterocycles. The highest BCUT2D eigenvalue weighted by Gasteiger charge is 2.24. The third kappa shape index (κ3) is 6.29. The van der Waals surface area contributed by atoms with Crippen LogP contribution >= 0.6 is 11.5 Å². The monoisotopic (exact) mass is 466 g/mol. The fourth-order valence-electron chi connectivity index (χ4n) is 3.55. The Kier molecular flexibility index (Phi) is 7.51. The van der Waals surface area contributed by atoms with Gasteiger partial charge in [-0.2, -0.15) is 9.36 Å². The van der Waals surface area contributed by atoms with Gasteiger partial charge in [0.15, 0.2) is 5.82 Å². The molecule has 0 spiro atoms. The van der Waals surface area contributed by atoms with Gasteiger partial charge in [-0.15, -0.1) is 0 Å². The van der Waals surface area contributed by atoms with Gasteiger partial charge in [-0.05, 0) is 30.2 Å². The number of carbonyl (C=O) groups excluding carboxylic acids is 2. The molecule has 33 heavy (non-hydrogen) atoms. The molecule has 0 aliphatic carbocycles. The predicted molar refractivity (Wildman–Crippen MR) is 125 cm³/mol. The number of benzene rings is 2. The van der Waals surface area contributed by atoms with Crippen molar-refractivity contribution in [2.24, 2.45) is 0 Å². The maximum atomic E-state index is 12.6. The van der Waals surface area contributed by atoms with E-state index in [0.717, 1.165) is 17.0 Å². The highest BCUT2D eigenvalue weighted by molar-refractivity contribution is 7.07. The quantitative estimate of drug-likeness (QED) is 0.527. The normalized spacial score (nSPS) is 13.6. The summed E-state index contributed by atoms with van der Waals surface area (Å²) in [5.41, 5.74) is 2.06. The summed E-state index contributed by atoms with van der Waals surface area (Å²) in [6.45, 7) is 4.15. The third-order valence-corrected chi connectivity index (χ3v) is 5.93. The molecule has 8 nitrogen and oxygen atoms in total. The van der Waals surface area contributed by atoms with E-state index in [0.29, 0.717) is 56.6 Å². The first-order valence-corrected chi connectivity index (χ1v) is 11.7. The zero-order valence-corrected chi connectivity index (χ0v) is 19.3. The molecule has 0 atom stereocenters. The molecule has 1 fully saturated rings. The zero-order valence-electron chi connectivity index (χ0n) is 18.5. The van der Waals surface area contributed by atoms with E-state index in [2.05, 4.69) is 9.36 Å². The molecule has 3 aromatic rings. The average molecular weight is 467 g/mol. The molecule has 1 saturated heterocycles. The van der Waals surface area contributed by atoms with E-state index >= 15 is 0 Å². The minimum absolute atomic E-state index is 0.0434. The SMILES string of the molecule is CCOC(=O)N1CCN(C(=O)Cc2ccc(Oc3nc(Cc4ccccc4)ns3)cc2)CC1. The second-order valence-electron chi connectivity index (χ2n) is 7.63. The summed E-state index contributed by atoms with van der Waals surface area (Å²) in [6, 6.07) is 17.5. The molecule has 0 bridgehead atoms. The lowest BCUT2D eigenvalue weighted by molar-refractivity contribution is -0.132. The first kappa shape index (κ1) is 22.7. The van der Waals surface area contributed by atoms with Crippen LogP contribution in [-0.4, -0.2) is 63.9 Å². The Balaban J connectivity index is 1.26. The summed E-state index contributed by atoms with van der Waals surface area (Å²) in [5.74, 6) is 1.42. The topological polar surface area (TPSA) is 84.9 Å². The van der Waals surface area contributed by atoms with Crippen molar-refractivity contribution in [3.8, 4) is 10.9 Å². The van der Waals surface area contributed by atoms with Crippen LogP contribution in [0.3, 0.4) is 0 Å². The van der Waals surface area contributed by atoms with E-state index in [1.165, 1.54) is 11.5 Å². The second kappa shape index (κ2) is 10.9. The van der Waals surface area contributed by atoms with E-state index in [1.54, 1.807) is 16.7 Å². The van der Waals surface area contributed by atoms with Crippen LogP contribution < -0.4 is 4.74 Å². The number of hydrogen-bond acceptors (Lipinski definition) is 7. The van der Waals surface area contributed by atoms with Crippen LogP contribution in [0.5, 0.6) is 10.9 Å². The van der Waals surface area contributed by atoms with E-state index in [9.17, 15) is 9.59 Å². The van der Waals surface area contributed by atoms with Gasteiger partial charge in [0, 0.05) is 44.1 Å². The lowest BCUT2D eigenvalue weighted by Gasteiger charge is -2.34. The Morgan fingerprint density at radius 2 is 1.64 bits per heavy atom. The average Bonchev–Trinajstić information content (AvgIpc) is 3.28. The van der Waals surface area contributed by atoms with Gasteiger partial charge >= 0.3 is 6.09 Å². The molecule has 1 aromatic heterocycles. The number of amides is 2. The van der Waals surface area contributed by atoms with Crippen molar-refractivity contribution in [1.29, 1.82) is 0 Å². The van der Waals surface area contributed by atoms with Crippen molar-refractivity contribution in [1.82, 2.24) is 19.2 Å². The molecule has 2 aromatic carbocycles. The highest BCUT2D eigenvalue weighted by Crippen LogP contribution is 2.24. The number of piperazine rings is 1. The van der Waals surface area contributed by atoms with Crippen molar-refractivity contribution in [3.05, 3.63) is 71.5 Å². The van der Waals surface area contributed by atoms with Gasteiger partial charge in [0.25, 0.3) is 5.19 Å². The first-order valence-electron chi connectivity index (χ1n) is 10.9. The van der Waals surface area contributed by atoms with Crippen LogP contribution in [0.4, 0.5) is 4.79 Å². The Labute approximate surface area is 196 Å².